The summed E-state index contributed by atoms with van der Waals surface area (Å²) < 4.78 is 1.46. The van der Waals surface area contributed by atoms with Crippen LogP contribution in [-0.2, 0) is 7.05 Å². The van der Waals surface area contributed by atoms with Crippen LogP contribution in [0.2, 0.25) is 0 Å². The van der Waals surface area contributed by atoms with Gasteiger partial charge in [-0.15, -0.1) is 5.10 Å². The van der Waals surface area contributed by atoms with E-state index in [0.29, 0.717) is 5.16 Å². The lowest BCUT2D eigenvalue weighted by Crippen LogP contribution is -2.19. The summed E-state index contributed by atoms with van der Waals surface area (Å²) in [5.74, 6) is 0. The highest BCUT2D eigenvalue weighted by Crippen LogP contribution is 2.23. The summed E-state index contributed by atoms with van der Waals surface area (Å²) in [4.78, 5) is 15.7. The zero-order chi connectivity index (χ0) is 14.5. The van der Waals surface area contributed by atoms with E-state index in [0.717, 1.165) is 23.6 Å². The number of hydrogen-bond acceptors (Lipinski definition) is 5. The van der Waals surface area contributed by atoms with E-state index < -0.39 is 0 Å². The normalized spacial score (nSPS) is 12.6. The number of nitrogens with one attached hydrogen (secondary N) is 2. The van der Waals surface area contributed by atoms with E-state index in [1.807, 2.05) is 18.3 Å². The molecule has 7 heteroatoms. The van der Waals surface area contributed by atoms with Gasteiger partial charge < -0.3 is 5.32 Å². The minimum atomic E-state index is -0.221. The molecule has 0 aliphatic heterocycles. The summed E-state index contributed by atoms with van der Waals surface area (Å²) in [6, 6.07) is 4.28. The fraction of sp³-hybridized carbons (Fsp3) is 0.462. The molecule has 0 saturated carbocycles. The molecule has 0 fully saturated rings. The van der Waals surface area contributed by atoms with Gasteiger partial charge in [-0.3, -0.25) is 4.57 Å². The second-order valence-corrected chi connectivity index (χ2v) is 5.57. The molecule has 0 amide bonds. The van der Waals surface area contributed by atoms with Crippen molar-refractivity contribution in [3.63, 3.8) is 0 Å². The maximum atomic E-state index is 11.3. The molecule has 0 spiro atoms. The zero-order valence-corrected chi connectivity index (χ0v) is 12.7. The van der Waals surface area contributed by atoms with Crippen LogP contribution in [0.25, 0.3) is 0 Å². The quantitative estimate of drug-likeness (QED) is 0.848. The highest BCUT2D eigenvalue weighted by atomic mass is 32.2. The molecular formula is C13H19N5OS. The lowest BCUT2D eigenvalue weighted by molar-refractivity contribution is 0.568. The second-order valence-electron chi connectivity index (χ2n) is 4.58. The maximum absolute atomic E-state index is 11.3. The number of aromatic nitrogens is 4. The average molecular weight is 293 g/mol. The van der Waals surface area contributed by atoms with E-state index in [-0.39, 0.29) is 11.7 Å². The summed E-state index contributed by atoms with van der Waals surface area (Å²) in [6.07, 6.45) is 2.97. The predicted octanol–water partition coefficient (Wildman–Crippen LogP) is 1.72. The number of H-pyrrole nitrogens is 1. The summed E-state index contributed by atoms with van der Waals surface area (Å²) in [6.45, 7) is 5.26. The fourth-order valence-electron chi connectivity index (χ4n) is 1.70. The molecule has 0 bridgehead atoms. The lowest BCUT2D eigenvalue weighted by atomic mass is 10.1. The third-order valence-electron chi connectivity index (χ3n) is 2.99. The minimum absolute atomic E-state index is 0.221. The van der Waals surface area contributed by atoms with Crippen LogP contribution in [0.4, 0.5) is 0 Å². The zero-order valence-electron chi connectivity index (χ0n) is 11.9. The van der Waals surface area contributed by atoms with E-state index in [1.54, 1.807) is 7.05 Å². The number of aromatic amines is 1. The molecule has 0 aliphatic carbocycles. The number of hydrogen-bond donors (Lipinski definition) is 2. The van der Waals surface area contributed by atoms with Crippen molar-refractivity contribution >= 4 is 11.8 Å². The van der Waals surface area contributed by atoms with Crippen molar-refractivity contribution in [3.8, 4) is 0 Å². The first-order chi connectivity index (χ1) is 9.61. The van der Waals surface area contributed by atoms with E-state index in [1.165, 1.54) is 16.3 Å². The van der Waals surface area contributed by atoms with E-state index >= 15 is 0 Å². The van der Waals surface area contributed by atoms with E-state index in [9.17, 15) is 4.79 Å². The second kappa shape index (κ2) is 6.71. The smallest absolute Gasteiger partial charge is 0.310 e. The lowest BCUT2D eigenvalue weighted by Gasteiger charge is -2.13. The summed E-state index contributed by atoms with van der Waals surface area (Å²) in [7, 11) is 1.68. The Labute approximate surface area is 122 Å². The van der Waals surface area contributed by atoms with Crippen LogP contribution in [0.5, 0.6) is 0 Å². The largest absolute Gasteiger partial charge is 0.343 e. The van der Waals surface area contributed by atoms with Crippen molar-refractivity contribution in [2.24, 2.45) is 7.05 Å². The SMILES string of the molecule is CCCNC(C)c1ccc(Sc2n[nH]c(=O)n2C)nc1. The first kappa shape index (κ1) is 14.8. The molecule has 0 aliphatic rings. The van der Waals surface area contributed by atoms with Gasteiger partial charge in [-0.2, -0.15) is 0 Å². The van der Waals surface area contributed by atoms with Crippen molar-refractivity contribution in [2.45, 2.75) is 36.5 Å². The van der Waals surface area contributed by atoms with Gasteiger partial charge in [0.1, 0.15) is 5.03 Å². The molecule has 0 saturated heterocycles. The van der Waals surface area contributed by atoms with Crippen LogP contribution in [0.1, 0.15) is 31.9 Å². The molecule has 0 aromatic carbocycles. The molecule has 2 aromatic heterocycles. The van der Waals surface area contributed by atoms with Crippen LogP contribution in [-0.4, -0.2) is 26.3 Å². The van der Waals surface area contributed by atoms with Crippen molar-refractivity contribution in [1.29, 1.82) is 0 Å². The van der Waals surface area contributed by atoms with Crippen molar-refractivity contribution in [3.05, 3.63) is 34.4 Å². The van der Waals surface area contributed by atoms with Crippen LogP contribution in [0.3, 0.4) is 0 Å². The Balaban J connectivity index is 2.05. The van der Waals surface area contributed by atoms with Crippen LogP contribution in [0.15, 0.2) is 33.3 Å². The van der Waals surface area contributed by atoms with Gasteiger partial charge in [0.25, 0.3) is 0 Å². The van der Waals surface area contributed by atoms with Crippen LogP contribution >= 0.6 is 11.8 Å². The average Bonchev–Trinajstić information content (AvgIpc) is 2.77. The Morgan fingerprint density at radius 1 is 1.50 bits per heavy atom. The Bertz CT molecular complexity index is 604. The summed E-state index contributed by atoms with van der Waals surface area (Å²) >= 11 is 1.36. The molecule has 1 unspecified atom stereocenters. The predicted molar refractivity (Wildman–Crippen MR) is 78.9 cm³/mol. The van der Waals surface area contributed by atoms with Crippen molar-refractivity contribution in [1.82, 2.24) is 25.1 Å². The number of rotatable bonds is 6. The molecule has 2 rings (SSSR count). The molecule has 6 nitrogen and oxygen atoms in total. The minimum Gasteiger partial charge on any atom is -0.310 e. The highest BCUT2D eigenvalue weighted by Gasteiger charge is 2.09. The number of pyridine rings is 1. The van der Waals surface area contributed by atoms with Gasteiger partial charge in [-0.1, -0.05) is 13.0 Å². The number of nitrogens with zero attached hydrogens (tertiary/aromatic N) is 3. The van der Waals surface area contributed by atoms with Crippen LogP contribution in [0, 0.1) is 0 Å². The standard InChI is InChI=1S/C13H19N5OS/c1-4-7-14-9(2)10-5-6-11(15-8-10)20-13-17-16-12(19)18(13)3/h5-6,8-9,14H,4,7H2,1-3H3,(H,16,19). The molecule has 1 atom stereocenters. The van der Waals surface area contributed by atoms with Crippen molar-refractivity contribution in [2.75, 3.05) is 6.54 Å². The topological polar surface area (TPSA) is 75.6 Å². The maximum Gasteiger partial charge on any atom is 0.343 e. The van der Waals surface area contributed by atoms with Gasteiger partial charge in [0, 0.05) is 19.3 Å². The van der Waals surface area contributed by atoms with Crippen LogP contribution < -0.4 is 11.0 Å². The fourth-order valence-corrected chi connectivity index (χ4v) is 2.44. The third-order valence-corrected chi connectivity index (χ3v) is 3.99. The van der Waals surface area contributed by atoms with E-state index in [2.05, 4.69) is 34.3 Å². The molecule has 0 radical (unpaired) electrons. The summed E-state index contributed by atoms with van der Waals surface area (Å²) in [5.41, 5.74) is 0.931. The Hall–Kier alpha value is -1.60. The Morgan fingerprint density at radius 3 is 2.85 bits per heavy atom. The molecule has 20 heavy (non-hydrogen) atoms. The first-order valence-electron chi connectivity index (χ1n) is 6.60. The first-order valence-corrected chi connectivity index (χ1v) is 7.42. The van der Waals surface area contributed by atoms with Gasteiger partial charge in [-0.05, 0) is 43.3 Å². The summed E-state index contributed by atoms with van der Waals surface area (Å²) in [5, 5.41) is 11.2. The third kappa shape index (κ3) is 3.49. The molecule has 2 aromatic rings. The molecule has 2 N–H and O–H groups in total. The van der Waals surface area contributed by atoms with Gasteiger partial charge >= 0.3 is 5.69 Å². The Kier molecular flexibility index (Phi) is 4.97. The van der Waals surface area contributed by atoms with Gasteiger partial charge in [0.2, 0.25) is 0 Å². The molecule has 108 valence electrons. The van der Waals surface area contributed by atoms with Gasteiger partial charge in [-0.25, -0.2) is 14.9 Å². The molecule has 2 heterocycles. The van der Waals surface area contributed by atoms with Crippen molar-refractivity contribution < 1.29 is 0 Å². The van der Waals surface area contributed by atoms with E-state index in [4.69, 9.17) is 0 Å². The van der Waals surface area contributed by atoms with Gasteiger partial charge in [0.05, 0.1) is 0 Å². The molecular weight excluding hydrogens is 274 g/mol. The van der Waals surface area contributed by atoms with Gasteiger partial charge in [0.15, 0.2) is 5.16 Å². The highest BCUT2D eigenvalue weighted by molar-refractivity contribution is 7.99. The monoisotopic (exact) mass is 293 g/mol. The Morgan fingerprint density at radius 2 is 2.30 bits per heavy atom.